The van der Waals surface area contributed by atoms with Gasteiger partial charge in [-0.1, -0.05) is 48.5 Å². The van der Waals surface area contributed by atoms with Crippen LogP contribution in [0, 0.1) is 0 Å². The second-order valence-corrected chi connectivity index (χ2v) is 14.9. The van der Waals surface area contributed by atoms with Gasteiger partial charge in [0.1, 0.15) is 23.7 Å². The molecule has 292 valence electrons. The molecular formula is C39H48N8O7S. The molecule has 0 bridgehead atoms. The molecule has 4 N–H and O–H groups in total. The third kappa shape index (κ3) is 8.65. The van der Waals surface area contributed by atoms with Crippen LogP contribution in [0.5, 0.6) is 0 Å². The molecular weight excluding hydrogens is 725 g/mol. The van der Waals surface area contributed by atoms with Crippen LogP contribution >= 0.6 is 11.8 Å². The number of ether oxygens (including phenoxy) is 3. The van der Waals surface area contributed by atoms with E-state index in [0.29, 0.717) is 24.7 Å². The van der Waals surface area contributed by atoms with Gasteiger partial charge in [0.15, 0.2) is 0 Å². The van der Waals surface area contributed by atoms with Gasteiger partial charge in [0, 0.05) is 25.4 Å². The number of hydrogen-bond donors (Lipinski definition) is 4. The number of nitrogens with one attached hydrogen (secondary N) is 4. The van der Waals surface area contributed by atoms with Crippen molar-refractivity contribution in [1.29, 1.82) is 0 Å². The zero-order valence-corrected chi connectivity index (χ0v) is 32.6. The van der Waals surface area contributed by atoms with Crippen LogP contribution in [0.2, 0.25) is 0 Å². The fraction of sp³-hybridized carbons (Fsp3) is 0.436. The van der Waals surface area contributed by atoms with E-state index < -0.39 is 30.4 Å². The van der Waals surface area contributed by atoms with Gasteiger partial charge in [-0.15, -0.1) is 0 Å². The summed E-state index contributed by atoms with van der Waals surface area (Å²) in [6.45, 7) is 4.50. The van der Waals surface area contributed by atoms with Crippen molar-refractivity contribution in [3.63, 3.8) is 0 Å². The number of hydrogen-bond acceptors (Lipinski definition) is 10. The van der Waals surface area contributed by atoms with Crippen molar-refractivity contribution in [2.75, 3.05) is 40.7 Å². The van der Waals surface area contributed by atoms with Crippen LogP contribution < -0.4 is 10.6 Å². The maximum absolute atomic E-state index is 13.6. The Morgan fingerprint density at radius 3 is 1.82 bits per heavy atom. The number of thioether (sulfide) groups is 1. The van der Waals surface area contributed by atoms with Gasteiger partial charge in [-0.2, -0.15) is 11.8 Å². The number of methoxy groups -OCH3 is 3. The number of amides is 4. The second-order valence-electron chi connectivity index (χ2n) is 13.7. The molecule has 55 heavy (non-hydrogen) atoms. The number of alkyl carbamates (subject to hydrolysis) is 2. The average Bonchev–Trinajstić information content (AvgIpc) is 4.05. The molecule has 2 aromatic heterocycles. The predicted molar refractivity (Wildman–Crippen MR) is 208 cm³/mol. The SMILES string of the molecule is COC(=O)N[C@@H](C)C(=O)N1C[C@@H](SC)C[C@H]1c1ncc(-c2ccc(-c3ccc(-c4cnc([C@@H]5CCCN5C(=O)[C@@H](NC(=O)OC)C(C)OC)[nH]4)cc3)cc2)[nH]1. The molecule has 0 spiro atoms. The Bertz CT molecular complexity index is 1970. The van der Waals surface area contributed by atoms with Crippen LogP contribution in [0.3, 0.4) is 0 Å². The van der Waals surface area contributed by atoms with Crippen LogP contribution in [0.1, 0.15) is 56.8 Å². The maximum Gasteiger partial charge on any atom is 0.407 e. The minimum Gasteiger partial charge on any atom is -0.453 e. The number of aromatic nitrogens is 4. The Hall–Kier alpha value is -5.35. The standard InChI is InChI=1S/C39H48N8O7S/c1-22(42-38(50)53-4)36(48)47-21-28(55-6)18-32(47)35-41-20-30(44-35)27-15-11-25(12-16-27)24-9-13-26(14-10-24)29-19-40-34(43-29)31-8-7-17-46(31)37(49)33(23(2)52-3)45-39(51)54-5/h9-16,19-20,22-23,28,31-33H,7-8,17-18,21H2,1-6H3,(H,40,43)(H,41,44)(H,42,50)(H,45,51)/t22-,23?,28-,31-,32-,33-/m0/s1. The van der Waals surface area contributed by atoms with E-state index in [1.807, 2.05) is 30.5 Å². The van der Waals surface area contributed by atoms with Crippen LogP contribution in [0.15, 0.2) is 60.9 Å². The van der Waals surface area contributed by atoms with E-state index in [-0.39, 0.29) is 29.1 Å². The van der Waals surface area contributed by atoms with Crippen molar-refractivity contribution < 1.29 is 33.4 Å². The first-order chi connectivity index (χ1) is 26.5. The number of rotatable bonds is 12. The van der Waals surface area contributed by atoms with Crippen molar-refractivity contribution in [3.05, 3.63) is 72.6 Å². The first-order valence-electron chi connectivity index (χ1n) is 18.2. The van der Waals surface area contributed by atoms with Crippen LogP contribution in [-0.4, -0.2) is 118 Å². The summed E-state index contributed by atoms with van der Waals surface area (Å²) in [5.74, 6) is 0.963. The highest BCUT2D eigenvalue weighted by Gasteiger charge is 2.40. The number of likely N-dealkylation sites (tertiary alicyclic amines) is 2. The van der Waals surface area contributed by atoms with Gasteiger partial charge in [0.25, 0.3) is 0 Å². The number of carbonyl (C=O) groups is 4. The number of carbonyl (C=O) groups excluding carboxylic acids is 4. The minimum atomic E-state index is -0.896. The van der Waals surface area contributed by atoms with Gasteiger partial charge in [0.2, 0.25) is 11.8 Å². The molecule has 4 amide bonds. The lowest BCUT2D eigenvalue weighted by Crippen LogP contribution is -2.54. The molecule has 0 aliphatic carbocycles. The Kier molecular flexibility index (Phi) is 12.5. The van der Waals surface area contributed by atoms with Gasteiger partial charge < -0.3 is 44.6 Å². The molecule has 16 heteroatoms. The van der Waals surface area contributed by atoms with Gasteiger partial charge in [-0.05, 0) is 61.6 Å². The van der Waals surface area contributed by atoms with E-state index in [4.69, 9.17) is 9.47 Å². The second kappa shape index (κ2) is 17.4. The topological polar surface area (TPSA) is 184 Å². The third-order valence-electron chi connectivity index (χ3n) is 10.4. The summed E-state index contributed by atoms with van der Waals surface area (Å²) in [5, 5.41) is 5.45. The Labute approximate surface area is 324 Å². The highest BCUT2D eigenvalue weighted by molar-refractivity contribution is 7.99. The number of benzene rings is 2. The summed E-state index contributed by atoms with van der Waals surface area (Å²) in [4.78, 5) is 70.4. The average molecular weight is 773 g/mol. The highest BCUT2D eigenvalue weighted by Crippen LogP contribution is 2.37. The van der Waals surface area contributed by atoms with Gasteiger partial charge in [-0.25, -0.2) is 19.6 Å². The van der Waals surface area contributed by atoms with Crippen molar-refractivity contribution in [2.45, 2.75) is 68.6 Å². The highest BCUT2D eigenvalue weighted by atomic mass is 32.2. The van der Waals surface area contributed by atoms with Gasteiger partial charge in [0.05, 0.1) is 56.2 Å². The molecule has 2 aliphatic rings. The maximum atomic E-state index is 13.6. The third-order valence-corrected chi connectivity index (χ3v) is 11.4. The summed E-state index contributed by atoms with van der Waals surface area (Å²) < 4.78 is 14.8. The molecule has 6 atom stereocenters. The molecule has 4 heterocycles. The molecule has 4 aromatic rings. The van der Waals surface area contributed by atoms with Crippen molar-refractivity contribution in [3.8, 4) is 33.6 Å². The molecule has 6 rings (SSSR count). The molecule has 0 radical (unpaired) electrons. The Morgan fingerprint density at radius 1 is 0.764 bits per heavy atom. The zero-order valence-electron chi connectivity index (χ0n) is 31.8. The molecule has 2 saturated heterocycles. The van der Waals surface area contributed by atoms with Crippen molar-refractivity contribution in [2.24, 2.45) is 0 Å². The van der Waals surface area contributed by atoms with E-state index in [1.54, 1.807) is 47.8 Å². The van der Waals surface area contributed by atoms with E-state index in [0.717, 1.165) is 52.9 Å². The first kappa shape index (κ1) is 39.3. The number of aromatic amines is 2. The summed E-state index contributed by atoms with van der Waals surface area (Å²) in [5.41, 5.74) is 5.69. The van der Waals surface area contributed by atoms with Crippen molar-refractivity contribution >= 4 is 35.8 Å². The van der Waals surface area contributed by atoms with E-state index in [9.17, 15) is 19.2 Å². The smallest absolute Gasteiger partial charge is 0.407 e. The summed E-state index contributed by atoms with van der Waals surface area (Å²) in [6.07, 6.45) is 6.02. The summed E-state index contributed by atoms with van der Waals surface area (Å²) in [7, 11) is 4.02. The number of nitrogens with zero attached hydrogens (tertiary/aromatic N) is 4. The van der Waals surface area contributed by atoms with Crippen LogP contribution in [0.25, 0.3) is 33.6 Å². The van der Waals surface area contributed by atoms with E-state index in [1.165, 1.54) is 21.3 Å². The Morgan fingerprint density at radius 2 is 1.29 bits per heavy atom. The van der Waals surface area contributed by atoms with Crippen LogP contribution in [0.4, 0.5) is 9.59 Å². The fourth-order valence-electron chi connectivity index (χ4n) is 7.20. The molecule has 0 saturated carbocycles. The quantitative estimate of drug-likeness (QED) is 0.147. The summed E-state index contributed by atoms with van der Waals surface area (Å²) >= 11 is 1.71. The van der Waals surface area contributed by atoms with Gasteiger partial charge in [-0.3, -0.25) is 9.59 Å². The lowest BCUT2D eigenvalue weighted by Gasteiger charge is -2.30. The van der Waals surface area contributed by atoms with E-state index >= 15 is 0 Å². The molecule has 2 fully saturated rings. The largest absolute Gasteiger partial charge is 0.453 e. The minimum absolute atomic E-state index is 0.182. The monoisotopic (exact) mass is 772 g/mol. The molecule has 1 unspecified atom stereocenters. The first-order valence-corrected chi connectivity index (χ1v) is 19.5. The number of imidazole rings is 2. The zero-order chi connectivity index (χ0) is 39.2. The predicted octanol–water partition coefficient (Wildman–Crippen LogP) is 5.31. The lowest BCUT2D eigenvalue weighted by molar-refractivity contribution is -0.137. The van der Waals surface area contributed by atoms with E-state index in [2.05, 4.69) is 59.6 Å². The fourth-order valence-corrected chi connectivity index (χ4v) is 7.89. The molecule has 2 aromatic carbocycles. The Balaban J connectivity index is 1.11. The number of H-pyrrole nitrogens is 2. The summed E-state index contributed by atoms with van der Waals surface area (Å²) in [6, 6.07) is 14.3. The molecule has 2 aliphatic heterocycles. The normalized spacial score (nSPS) is 19.8. The van der Waals surface area contributed by atoms with Crippen molar-refractivity contribution in [1.82, 2.24) is 40.4 Å². The lowest BCUT2D eigenvalue weighted by atomic mass is 10.0. The molecule has 15 nitrogen and oxygen atoms in total. The van der Waals surface area contributed by atoms with Crippen LogP contribution in [-0.2, 0) is 23.8 Å². The van der Waals surface area contributed by atoms with Gasteiger partial charge >= 0.3 is 12.2 Å².